The van der Waals surface area contributed by atoms with Crippen LogP contribution < -0.4 is 16.8 Å². The number of nitrogens with zero attached hydrogens (tertiary/aromatic N) is 2. The smallest absolute Gasteiger partial charge is 0.195 e. The Hall–Kier alpha value is -0.970. The normalized spacial score (nSPS) is 16.3. The first-order valence-corrected chi connectivity index (χ1v) is 6.59. The molecule has 0 atom stereocenters. The first-order valence-electron chi connectivity index (χ1n) is 6.59. The van der Waals surface area contributed by atoms with Crippen molar-refractivity contribution in [3.63, 3.8) is 0 Å². The second kappa shape index (κ2) is 10.00. The summed E-state index contributed by atoms with van der Waals surface area (Å²) in [4.78, 5) is 8.41. The van der Waals surface area contributed by atoms with Gasteiger partial charge in [0.25, 0.3) is 0 Å². The molecule has 1 rings (SSSR count). The summed E-state index contributed by atoms with van der Waals surface area (Å²) in [6.45, 7) is 3.76. The molecule has 0 heterocycles. The number of nitrogens with one attached hydrogen (secondary N) is 1. The Morgan fingerprint density at radius 2 is 1.78 bits per heavy atom. The van der Waals surface area contributed by atoms with Crippen LogP contribution in [0.5, 0.6) is 0 Å². The van der Waals surface area contributed by atoms with Crippen LogP contribution >= 0.6 is 12.4 Å². The molecular weight excluding hydrogens is 250 g/mol. The summed E-state index contributed by atoms with van der Waals surface area (Å²) >= 11 is 0. The number of rotatable bonds is 7. The summed E-state index contributed by atoms with van der Waals surface area (Å²) in [5.74, 6) is 1.49. The summed E-state index contributed by atoms with van der Waals surface area (Å²) in [5, 5.41) is 2.81. The van der Waals surface area contributed by atoms with Crippen LogP contribution in [-0.2, 0) is 0 Å². The molecule has 5 nitrogen and oxygen atoms in total. The Kier molecular flexibility index (Phi) is 9.46. The lowest BCUT2D eigenvalue weighted by molar-refractivity contribution is 0.674. The van der Waals surface area contributed by atoms with Crippen molar-refractivity contribution >= 4 is 24.3 Å². The van der Waals surface area contributed by atoms with Crippen LogP contribution in [0.3, 0.4) is 0 Å². The van der Waals surface area contributed by atoms with Gasteiger partial charge in [-0.1, -0.05) is 26.2 Å². The van der Waals surface area contributed by atoms with E-state index >= 15 is 0 Å². The zero-order valence-corrected chi connectivity index (χ0v) is 12.0. The maximum atomic E-state index is 5.69. The average Bonchev–Trinajstić information content (AvgIpc) is 3.10. The molecule has 106 valence electrons. The van der Waals surface area contributed by atoms with Gasteiger partial charge in [-0.05, 0) is 25.2 Å². The molecule has 0 amide bonds. The monoisotopic (exact) mass is 275 g/mol. The van der Waals surface area contributed by atoms with Crippen LogP contribution in [0.2, 0.25) is 0 Å². The van der Waals surface area contributed by atoms with Crippen molar-refractivity contribution in [3.8, 4) is 0 Å². The number of hydrogen-bond donors (Lipinski definition) is 3. The Labute approximate surface area is 116 Å². The first-order chi connectivity index (χ1) is 8.22. The van der Waals surface area contributed by atoms with Crippen molar-refractivity contribution in [2.75, 3.05) is 13.1 Å². The zero-order valence-electron chi connectivity index (χ0n) is 11.2. The van der Waals surface area contributed by atoms with Crippen LogP contribution in [0.15, 0.2) is 9.98 Å². The molecule has 18 heavy (non-hydrogen) atoms. The molecule has 1 saturated carbocycles. The van der Waals surface area contributed by atoms with Gasteiger partial charge >= 0.3 is 0 Å². The average molecular weight is 276 g/mol. The number of halogens is 1. The van der Waals surface area contributed by atoms with E-state index in [-0.39, 0.29) is 12.4 Å². The fourth-order valence-corrected chi connectivity index (χ4v) is 1.48. The maximum absolute atomic E-state index is 5.69. The molecule has 0 unspecified atom stereocenters. The molecule has 0 aromatic carbocycles. The highest BCUT2D eigenvalue weighted by Gasteiger charge is 2.20. The first kappa shape index (κ1) is 17.0. The van der Waals surface area contributed by atoms with E-state index in [0.29, 0.717) is 11.9 Å². The Balaban J connectivity index is 0.00000289. The van der Waals surface area contributed by atoms with E-state index in [0.717, 1.165) is 25.4 Å². The van der Waals surface area contributed by atoms with Gasteiger partial charge in [0.2, 0.25) is 0 Å². The van der Waals surface area contributed by atoms with Gasteiger partial charge in [-0.15, -0.1) is 12.4 Å². The molecule has 0 radical (unpaired) electrons. The third-order valence-electron chi connectivity index (χ3n) is 2.77. The van der Waals surface area contributed by atoms with Crippen molar-refractivity contribution in [1.82, 2.24) is 5.32 Å². The standard InChI is InChI=1S/C12H25N5.ClH/c1-2-3-4-5-8-15-11(13)17-12(14)16-9-10-6-7-10;/h10H,2-9H2,1H3,(H5,13,14,15,16,17);1H. The fraction of sp³-hybridized carbons (Fsp3) is 0.833. The molecule has 1 aliphatic rings. The molecule has 1 aliphatic carbocycles. The summed E-state index contributed by atoms with van der Waals surface area (Å²) < 4.78 is 0. The van der Waals surface area contributed by atoms with Gasteiger partial charge < -0.3 is 11.5 Å². The molecule has 0 aromatic rings. The van der Waals surface area contributed by atoms with Crippen molar-refractivity contribution in [1.29, 1.82) is 0 Å². The third kappa shape index (κ3) is 9.10. The van der Waals surface area contributed by atoms with Crippen LogP contribution in [0.1, 0.15) is 45.4 Å². The molecule has 6 heteroatoms. The zero-order chi connectivity index (χ0) is 12.5. The summed E-state index contributed by atoms with van der Waals surface area (Å²) in [5.41, 5.74) is 11.4. The van der Waals surface area contributed by atoms with E-state index < -0.39 is 0 Å². The molecule has 1 fully saturated rings. The minimum atomic E-state index is 0. The van der Waals surface area contributed by atoms with Crippen LogP contribution in [0, 0.1) is 5.92 Å². The van der Waals surface area contributed by atoms with E-state index in [4.69, 9.17) is 11.5 Å². The highest BCUT2D eigenvalue weighted by atomic mass is 35.5. The topological polar surface area (TPSA) is 88.8 Å². The van der Waals surface area contributed by atoms with Crippen LogP contribution in [0.4, 0.5) is 0 Å². The van der Waals surface area contributed by atoms with Gasteiger partial charge in [0, 0.05) is 13.1 Å². The minimum Gasteiger partial charge on any atom is -0.370 e. The highest BCUT2D eigenvalue weighted by Crippen LogP contribution is 2.28. The Bertz CT molecular complexity index is 274. The van der Waals surface area contributed by atoms with Crippen molar-refractivity contribution in [2.45, 2.75) is 45.4 Å². The Morgan fingerprint density at radius 3 is 2.39 bits per heavy atom. The second-order valence-electron chi connectivity index (χ2n) is 4.62. The lowest BCUT2D eigenvalue weighted by Gasteiger charge is -2.04. The number of unbranched alkanes of at least 4 members (excludes halogenated alkanes) is 3. The van der Waals surface area contributed by atoms with Crippen LogP contribution in [-0.4, -0.2) is 25.0 Å². The quantitative estimate of drug-likeness (QED) is 0.375. The van der Waals surface area contributed by atoms with Gasteiger partial charge in [0.05, 0.1) is 0 Å². The van der Waals surface area contributed by atoms with Gasteiger partial charge in [-0.2, -0.15) is 0 Å². The van der Waals surface area contributed by atoms with E-state index in [2.05, 4.69) is 22.2 Å². The van der Waals surface area contributed by atoms with Gasteiger partial charge in [-0.3, -0.25) is 15.3 Å². The van der Waals surface area contributed by atoms with Gasteiger partial charge in [-0.25, -0.2) is 0 Å². The predicted molar refractivity (Wildman–Crippen MR) is 80.2 cm³/mol. The SMILES string of the molecule is CCCCCCN=C(N)NC(N)=NCC1CC1.Cl. The van der Waals surface area contributed by atoms with Crippen LogP contribution in [0.25, 0.3) is 0 Å². The fourth-order valence-electron chi connectivity index (χ4n) is 1.48. The van der Waals surface area contributed by atoms with Crippen molar-refractivity contribution in [3.05, 3.63) is 0 Å². The minimum absolute atomic E-state index is 0. The maximum Gasteiger partial charge on any atom is 0.195 e. The van der Waals surface area contributed by atoms with Gasteiger partial charge in [0.1, 0.15) is 0 Å². The van der Waals surface area contributed by atoms with E-state index in [9.17, 15) is 0 Å². The summed E-state index contributed by atoms with van der Waals surface area (Å²) in [6.07, 6.45) is 7.33. The lowest BCUT2D eigenvalue weighted by atomic mass is 10.2. The Morgan fingerprint density at radius 1 is 1.11 bits per heavy atom. The second-order valence-corrected chi connectivity index (χ2v) is 4.62. The molecule has 0 bridgehead atoms. The molecule has 0 aromatic heterocycles. The summed E-state index contributed by atoms with van der Waals surface area (Å²) in [7, 11) is 0. The number of aliphatic imine (C=N–C) groups is 2. The molecule has 0 saturated heterocycles. The summed E-state index contributed by atoms with van der Waals surface area (Å²) in [6, 6.07) is 0. The molecule has 0 spiro atoms. The van der Waals surface area contributed by atoms with Gasteiger partial charge in [0.15, 0.2) is 11.9 Å². The third-order valence-corrected chi connectivity index (χ3v) is 2.77. The number of nitrogens with two attached hydrogens (primary N) is 2. The predicted octanol–water partition coefficient (Wildman–Crippen LogP) is 1.62. The van der Waals surface area contributed by atoms with E-state index in [1.165, 1.54) is 32.1 Å². The van der Waals surface area contributed by atoms with Crippen molar-refractivity contribution in [2.24, 2.45) is 27.4 Å². The highest BCUT2D eigenvalue weighted by molar-refractivity contribution is 5.97. The molecule has 5 N–H and O–H groups in total. The molecular formula is C12H26ClN5. The van der Waals surface area contributed by atoms with Crippen molar-refractivity contribution < 1.29 is 0 Å². The van der Waals surface area contributed by atoms with E-state index in [1.54, 1.807) is 0 Å². The molecule has 0 aliphatic heterocycles. The number of hydrogen-bond acceptors (Lipinski definition) is 2. The largest absolute Gasteiger partial charge is 0.370 e. The lowest BCUT2D eigenvalue weighted by Crippen LogP contribution is -2.41. The van der Waals surface area contributed by atoms with E-state index in [1.807, 2.05) is 0 Å². The number of guanidine groups is 2.